The van der Waals surface area contributed by atoms with Gasteiger partial charge in [0.25, 0.3) is 0 Å². The highest BCUT2D eigenvalue weighted by atomic mass is 32.2. The summed E-state index contributed by atoms with van der Waals surface area (Å²) in [6.45, 7) is 0. The molecule has 0 atom stereocenters. The topological polar surface area (TPSA) is 92.2 Å². The van der Waals surface area contributed by atoms with Gasteiger partial charge in [0.15, 0.2) is 11.5 Å². The van der Waals surface area contributed by atoms with E-state index in [9.17, 15) is 8.42 Å². The van der Waals surface area contributed by atoms with Crippen molar-refractivity contribution in [3.8, 4) is 17.6 Å². The van der Waals surface area contributed by atoms with Crippen LogP contribution in [-0.4, -0.2) is 27.6 Å². The van der Waals surface area contributed by atoms with Crippen molar-refractivity contribution in [2.24, 2.45) is 0 Å². The molecule has 0 fully saturated rings. The summed E-state index contributed by atoms with van der Waals surface area (Å²) in [6.07, 6.45) is 1.55. The first kappa shape index (κ1) is 15.9. The van der Waals surface area contributed by atoms with Crippen LogP contribution in [0.3, 0.4) is 0 Å². The number of nitrogens with zero attached hydrogens (tertiary/aromatic N) is 1. The molecule has 0 bridgehead atoms. The molecule has 0 unspecified atom stereocenters. The molecule has 1 aromatic heterocycles. The molecular weight excluding hydrogens is 328 g/mol. The molecule has 0 aliphatic carbocycles. The number of hydrogen-bond donors (Lipinski definition) is 1. The molecule has 0 spiro atoms. The third-order valence-corrected chi connectivity index (χ3v) is 5.50. The first-order valence-electron chi connectivity index (χ1n) is 6.99. The molecular formula is C17H14N2O4S. The molecule has 1 N–H and O–H groups in total. The SMILES string of the molecule is COc1ccc(S(=O)(=O)c2ccc3[nH]cc(C#N)c3c2)cc1OC. The standard InChI is InChI=1S/C17H14N2O4S/c1-22-16-6-4-13(8-17(16)23-2)24(20,21)12-3-5-15-14(7-12)11(9-18)10-19-15/h3-8,10,19H,1-2H3. The Morgan fingerprint density at radius 3 is 2.33 bits per heavy atom. The Bertz CT molecular complexity index is 1060. The summed E-state index contributed by atoms with van der Waals surface area (Å²) < 4.78 is 36.0. The van der Waals surface area contributed by atoms with Crippen molar-refractivity contribution in [3.05, 3.63) is 48.2 Å². The molecule has 7 heteroatoms. The van der Waals surface area contributed by atoms with Gasteiger partial charge in [0.2, 0.25) is 9.84 Å². The van der Waals surface area contributed by atoms with Crippen LogP contribution in [0.4, 0.5) is 0 Å². The van der Waals surface area contributed by atoms with Gasteiger partial charge >= 0.3 is 0 Å². The van der Waals surface area contributed by atoms with Gasteiger partial charge in [-0.05, 0) is 30.3 Å². The summed E-state index contributed by atoms with van der Waals surface area (Å²) in [6, 6.07) is 11.1. The van der Waals surface area contributed by atoms with Gasteiger partial charge in [-0.3, -0.25) is 0 Å². The van der Waals surface area contributed by atoms with Crippen molar-refractivity contribution in [3.63, 3.8) is 0 Å². The van der Waals surface area contributed by atoms with E-state index < -0.39 is 9.84 Å². The summed E-state index contributed by atoms with van der Waals surface area (Å²) in [4.78, 5) is 3.14. The molecule has 1 heterocycles. The summed E-state index contributed by atoms with van der Waals surface area (Å²) in [7, 11) is -0.825. The maximum Gasteiger partial charge on any atom is 0.206 e. The second kappa shape index (κ2) is 5.91. The summed E-state index contributed by atoms with van der Waals surface area (Å²) in [5, 5.41) is 9.68. The lowest BCUT2D eigenvalue weighted by molar-refractivity contribution is 0.354. The van der Waals surface area contributed by atoms with Crippen LogP contribution >= 0.6 is 0 Å². The molecule has 0 aliphatic heterocycles. The van der Waals surface area contributed by atoms with Gasteiger partial charge in [-0.15, -0.1) is 0 Å². The monoisotopic (exact) mass is 342 g/mol. The highest BCUT2D eigenvalue weighted by molar-refractivity contribution is 7.91. The Labute approximate surface area is 139 Å². The maximum absolute atomic E-state index is 12.9. The van der Waals surface area contributed by atoms with Gasteiger partial charge in [-0.2, -0.15) is 5.26 Å². The van der Waals surface area contributed by atoms with Gasteiger partial charge in [-0.25, -0.2) is 8.42 Å². The second-order valence-corrected chi connectivity index (χ2v) is 6.99. The van der Waals surface area contributed by atoms with Gasteiger partial charge < -0.3 is 14.5 Å². The number of H-pyrrole nitrogens is 1. The number of methoxy groups -OCH3 is 2. The van der Waals surface area contributed by atoms with Crippen LogP contribution < -0.4 is 9.47 Å². The van der Waals surface area contributed by atoms with Crippen molar-refractivity contribution in [1.82, 2.24) is 4.98 Å². The van der Waals surface area contributed by atoms with E-state index in [2.05, 4.69) is 4.98 Å². The lowest BCUT2D eigenvalue weighted by atomic mass is 10.2. The van der Waals surface area contributed by atoms with Crippen LogP contribution in [0.25, 0.3) is 10.9 Å². The molecule has 0 amide bonds. The molecule has 3 aromatic rings. The van der Waals surface area contributed by atoms with E-state index in [1.165, 1.54) is 38.5 Å². The molecule has 0 radical (unpaired) electrons. The van der Waals surface area contributed by atoms with Crippen molar-refractivity contribution < 1.29 is 17.9 Å². The van der Waals surface area contributed by atoms with Crippen LogP contribution in [0.2, 0.25) is 0 Å². The number of nitrogens with one attached hydrogen (secondary N) is 1. The fraction of sp³-hybridized carbons (Fsp3) is 0.118. The van der Waals surface area contributed by atoms with Crippen LogP contribution in [0.15, 0.2) is 52.4 Å². The normalized spacial score (nSPS) is 11.2. The maximum atomic E-state index is 12.9. The fourth-order valence-corrected chi connectivity index (χ4v) is 3.78. The van der Waals surface area contributed by atoms with Gasteiger partial charge in [0, 0.05) is 23.2 Å². The van der Waals surface area contributed by atoms with E-state index >= 15 is 0 Å². The summed E-state index contributed by atoms with van der Waals surface area (Å²) >= 11 is 0. The highest BCUT2D eigenvalue weighted by Crippen LogP contribution is 2.32. The lowest BCUT2D eigenvalue weighted by Gasteiger charge is -2.10. The number of rotatable bonds is 4. The van der Waals surface area contributed by atoms with E-state index in [-0.39, 0.29) is 9.79 Å². The van der Waals surface area contributed by atoms with Gasteiger partial charge in [-0.1, -0.05) is 0 Å². The first-order chi connectivity index (χ1) is 11.5. The van der Waals surface area contributed by atoms with E-state index in [1.807, 2.05) is 6.07 Å². The number of hydrogen-bond acceptors (Lipinski definition) is 5. The Hall–Kier alpha value is -2.98. The largest absolute Gasteiger partial charge is 0.493 e. The minimum atomic E-state index is -3.75. The molecule has 122 valence electrons. The zero-order valence-corrected chi connectivity index (χ0v) is 13.8. The Kier molecular flexibility index (Phi) is 3.91. The van der Waals surface area contributed by atoms with Crippen molar-refractivity contribution in [2.45, 2.75) is 9.79 Å². The molecule has 24 heavy (non-hydrogen) atoms. The number of ether oxygens (including phenoxy) is 2. The summed E-state index contributed by atoms with van der Waals surface area (Å²) in [5.74, 6) is 0.781. The van der Waals surface area contributed by atoms with Gasteiger partial charge in [0.05, 0.1) is 29.6 Å². The molecule has 0 saturated carbocycles. The van der Waals surface area contributed by atoms with Crippen LogP contribution in [0, 0.1) is 11.3 Å². The minimum absolute atomic E-state index is 0.0912. The van der Waals surface area contributed by atoms with E-state index in [1.54, 1.807) is 18.3 Å². The number of aromatic nitrogens is 1. The molecule has 2 aromatic carbocycles. The highest BCUT2D eigenvalue weighted by Gasteiger charge is 2.21. The number of fused-ring (bicyclic) bond motifs is 1. The van der Waals surface area contributed by atoms with Crippen LogP contribution in [-0.2, 0) is 9.84 Å². The molecule has 6 nitrogen and oxygen atoms in total. The predicted molar refractivity (Wildman–Crippen MR) is 88.0 cm³/mol. The lowest BCUT2D eigenvalue weighted by Crippen LogP contribution is -2.03. The Morgan fingerprint density at radius 2 is 1.67 bits per heavy atom. The molecule has 3 rings (SSSR count). The van der Waals surface area contributed by atoms with E-state index in [0.717, 1.165) is 0 Å². The number of benzene rings is 2. The minimum Gasteiger partial charge on any atom is -0.493 e. The van der Waals surface area contributed by atoms with Crippen LogP contribution in [0.1, 0.15) is 5.56 Å². The van der Waals surface area contributed by atoms with E-state index in [4.69, 9.17) is 14.7 Å². The smallest absolute Gasteiger partial charge is 0.206 e. The number of aromatic amines is 1. The zero-order valence-electron chi connectivity index (χ0n) is 13.0. The molecule has 0 saturated heterocycles. The second-order valence-electron chi connectivity index (χ2n) is 5.04. The van der Waals surface area contributed by atoms with E-state index in [0.29, 0.717) is 28.0 Å². The predicted octanol–water partition coefficient (Wildman–Crippen LogP) is 2.89. The average Bonchev–Trinajstić information content (AvgIpc) is 3.03. The number of nitriles is 1. The van der Waals surface area contributed by atoms with Crippen molar-refractivity contribution in [2.75, 3.05) is 14.2 Å². The Balaban J connectivity index is 2.16. The first-order valence-corrected chi connectivity index (χ1v) is 8.48. The van der Waals surface area contributed by atoms with Crippen molar-refractivity contribution in [1.29, 1.82) is 5.26 Å². The third-order valence-electron chi connectivity index (χ3n) is 3.75. The fourth-order valence-electron chi connectivity index (χ4n) is 2.48. The number of sulfone groups is 1. The quantitative estimate of drug-likeness (QED) is 0.787. The third kappa shape index (κ3) is 2.47. The van der Waals surface area contributed by atoms with Crippen LogP contribution in [0.5, 0.6) is 11.5 Å². The molecule has 0 aliphatic rings. The summed E-state index contributed by atoms with van der Waals surface area (Å²) in [5.41, 5.74) is 1.10. The van der Waals surface area contributed by atoms with Crippen molar-refractivity contribution >= 4 is 20.7 Å². The van der Waals surface area contributed by atoms with Gasteiger partial charge in [0.1, 0.15) is 6.07 Å². The zero-order chi connectivity index (χ0) is 17.3. The Morgan fingerprint density at radius 1 is 1.00 bits per heavy atom. The average molecular weight is 342 g/mol.